The molecule has 0 aromatic heterocycles. The van der Waals surface area contributed by atoms with E-state index in [0.717, 1.165) is 0 Å². The van der Waals surface area contributed by atoms with Gasteiger partial charge in [-0.3, -0.25) is 0 Å². The molecule has 0 fully saturated rings. The fourth-order valence-electron chi connectivity index (χ4n) is 1.11. The Morgan fingerprint density at radius 2 is 1.14 bits per heavy atom. The minimum Gasteiger partial charge on any atom is -0.748 e. The SMILES string of the molecule is CC(F)(F)C(F)(F)C(F)(F)C(F)(F)C(F)(F)CCS(=O)(=O)[O-]. The van der Waals surface area contributed by atoms with Gasteiger partial charge in [-0.05, 0) is 0 Å². The maximum absolute atomic E-state index is 13.0. The van der Waals surface area contributed by atoms with Gasteiger partial charge in [-0.2, -0.15) is 43.9 Å². The average Bonchev–Trinajstić information content (AvgIpc) is 2.23. The molecule has 0 unspecified atom stereocenters. The van der Waals surface area contributed by atoms with E-state index in [9.17, 15) is 56.9 Å². The molecule has 0 spiro atoms. The minimum absolute atomic E-state index is 0.892. The van der Waals surface area contributed by atoms with Crippen molar-refractivity contribution in [2.24, 2.45) is 0 Å². The molecule has 0 aliphatic carbocycles. The van der Waals surface area contributed by atoms with Crippen LogP contribution in [0.1, 0.15) is 13.3 Å². The van der Waals surface area contributed by atoms with E-state index in [1.54, 1.807) is 0 Å². The molecule has 0 saturated carbocycles. The predicted octanol–water partition coefficient (Wildman–Crippen LogP) is 3.12. The fourth-order valence-corrected chi connectivity index (χ4v) is 1.62. The van der Waals surface area contributed by atoms with Gasteiger partial charge < -0.3 is 4.55 Å². The zero-order valence-electron chi connectivity index (χ0n) is 10.3. The summed E-state index contributed by atoms with van der Waals surface area (Å²) in [5.41, 5.74) is 0. The maximum atomic E-state index is 13.0. The molecule has 0 N–H and O–H groups in total. The monoisotopic (exact) mass is 373 g/mol. The Morgan fingerprint density at radius 1 is 0.773 bits per heavy atom. The van der Waals surface area contributed by atoms with Gasteiger partial charge in [0.1, 0.15) is 0 Å². The van der Waals surface area contributed by atoms with Gasteiger partial charge in [0.2, 0.25) is 0 Å². The molecule has 0 rings (SSSR count). The molecule has 0 aromatic rings. The first-order valence-electron chi connectivity index (χ1n) is 5.03. The predicted molar refractivity (Wildman–Crippen MR) is 49.6 cm³/mol. The molecule has 3 nitrogen and oxygen atoms in total. The van der Waals surface area contributed by atoms with Crippen LogP contribution in [0, 0.1) is 0 Å². The van der Waals surface area contributed by atoms with Crippen LogP contribution in [0.3, 0.4) is 0 Å². The summed E-state index contributed by atoms with van der Waals surface area (Å²) in [7, 11) is -5.57. The molecule has 22 heavy (non-hydrogen) atoms. The molecule has 0 saturated heterocycles. The van der Waals surface area contributed by atoms with Crippen molar-refractivity contribution in [2.45, 2.75) is 43.0 Å². The Hall–Kier alpha value is -0.790. The Kier molecular flexibility index (Phi) is 5.19. The van der Waals surface area contributed by atoms with Gasteiger partial charge in [-0.15, -0.1) is 0 Å². The van der Waals surface area contributed by atoms with E-state index in [4.69, 9.17) is 0 Å². The van der Waals surface area contributed by atoms with Gasteiger partial charge in [0.25, 0.3) is 0 Å². The van der Waals surface area contributed by atoms with Crippen molar-refractivity contribution in [3.05, 3.63) is 0 Å². The molecule has 0 aliphatic rings. The molecular weight excluding hydrogens is 366 g/mol. The highest BCUT2D eigenvalue weighted by Crippen LogP contribution is 2.57. The van der Waals surface area contributed by atoms with Gasteiger partial charge >= 0.3 is 29.6 Å². The van der Waals surface area contributed by atoms with E-state index in [1.807, 2.05) is 0 Å². The molecule has 0 aromatic carbocycles. The molecule has 0 bridgehead atoms. The first kappa shape index (κ1) is 21.2. The second-order valence-electron chi connectivity index (χ2n) is 4.33. The smallest absolute Gasteiger partial charge is 0.384 e. The van der Waals surface area contributed by atoms with Crippen molar-refractivity contribution < 1.29 is 56.9 Å². The first-order valence-corrected chi connectivity index (χ1v) is 6.61. The lowest BCUT2D eigenvalue weighted by Crippen LogP contribution is -2.66. The van der Waals surface area contributed by atoms with Crippen LogP contribution in [0.25, 0.3) is 0 Å². The molecule has 0 amide bonds. The van der Waals surface area contributed by atoms with Crippen LogP contribution < -0.4 is 0 Å². The minimum atomic E-state index is -7.23. The van der Waals surface area contributed by atoms with Crippen LogP contribution in [0.15, 0.2) is 0 Å². The number of hydrogen-bond donors (Lipinski definition) is 0. The summed E-state index contributed by atoms with van der Waals surface area (Å²) in [4.78, 5) is 0. The Bertz CT molecular complexity index is 507. The largest absolute Gasteiger partial charge is 0.748 e. The van der Waals surface area contributed by atoms with E-state index in [1.165, 1.54) is 0 Å². The van der Waals surface area contributed by atoms with Crippen LogP contribution in [-0.4, -0.2) is 48.3 Å². The van der Waals surface area contributed by atoms with Gasteiger partial charge in [-0.25, -0.2) is 8.42 Å². The second-order valence-corrected chi connectivity index (χ2v) is 5.85. The van der Waals surface area contributed by atoms with Crippen molar-refractivity contribution in [3.8, 4) is 0 Å². The van der Waals surface area contributed by atoms with Crippen molar-refractivity contribution in [1.82, 2.24) is 0 Å². The molecule has 0 aliphatic heterocycles. The van der Waals surface area contributed by atoms with Gasteiger partial charge in [0, 0.05) is 19.1 Å². The summed E-state index contributed by atoms with van der Waals surface area (Å²) in [6.45, 7) is -0.892. The van der Waals surface area contributed by atoms with Crippen LogP contribution in [-0.2, 0) is 10.1 Å². The third kappa shape index (κ3) is 3.58. The second kappa shape index (κ2) is 5.39. The normalized spacial score (nSPS) is 16.0. The van der Waals surface area contributed by atoms with E-state index in [2.05, 4.69) is 0 Å². The van der Waals surface area contributed by atoms with Crippen LogP contribution in [0.2, 0.25) is 0 Å². The van der Waals surface area contributed by atoms with Crippen molar-refractivity contribution in [3.63, 3.8) is 0 Å². The molecule has 0 atom stereocenters. The highest BCUT2D eigenvalue weighted by Gasteiger charge is 2.84. The summed E-state index contributed by atoms with van der Waals surface area (Å²) >= 11 is 0. The first-order chi connectivity index (χ1) is 9.21. The Morgan fingerprint density at radius 3 is 1.41 bits per heavy atom. The van der Waals surface area contributed by atoms with Crippen molar-refractivity contribution in [2.75, 3.05) is 5.75 Å². The van der Waals surface area contributed by atoms with Crippen LogP contribution in [0.5, 0.6) is 0 Å². The Balaban J connectivity index is 5.79. The van der Waals surface area contributed by atoms with E-state index < -0.39 is 58.8 Å². The zero-order valence-corrected chi connectivity index (χ0v) is 11.1. The summed E-state index contributed by atoms with van der Waals surface area (Å²) in [6, 6.07) is 0. The van der Waals surface area contributed by atoms with Gasteiger partial charge in [0.05, 0.1) is 10.1 Å². The summed E-state index contributed by atoms with van der Waals surface area (Å²) in [5, 5.41) is 0. The number of alkyl halides is 10. The van der Waals surface area contributed by atoms with Crippen LogP contribution in [0.4, 0.5) is 43.9 Å². The third-order valence-electron chi connectivity index (χ3n) is 2.47. The highest BCUT2D eigenvalue weighted by atomic mass is 32.2. The van der Waals surface area contributed by atoms with Crippen LogP contribution >= 0.6 is 0 Å². The lowest BCUT2D eigenvalue weighted by molar-refractivity contribution is -0.398. The van der Waals surface area contributed by atoms with Crippen molar-refractivity contribution >= 4 is 10.1 Å². The van der Waals surface area contributed by atoms with Crippen molar-refractivity contribution in [1.29, 1.82) is 0 Å². The maximum Gasteiger partial charge on any atom is 0.384 e. The average molecular weight is 373 g/mol. The summed E-state index contributed by atoms with van der Waals surface area (Å²) < 4.78 is 158. The van der Waals surface area contributed by atoms with E-state index in [-0.39, 0.29) is 0 Å². The third-order valence-corrected chi connectivity index (χ3v) is 3.17. The molecular formula is C8H7F10O3S-. The quantitative estimate of drug-likeness (QED) is 0.509. The van der Waals surface area contributed by atoms with E-state index in [0.29, 0.717) is 0 Å². The number of rotatable bonds is 7. The zero-order chi connectivity index (χ0) is 18.4. The molecule has 0 radical (unpaired) electrons. The summed E-state index contributed by atoms with van der Waals surface area (Å²) in [5.74, 6) is -35.4. The fraction of sp³-hybridized carbons (Fsp3) is 1.00. The highest BCUT2D eigenvalue weighted by molar-refractivity contribution is 7.85. The lowest BCUT2D eigenvalue weighted by atomic mass is 9.94. The molecule has 14 heteroatoms. The van der Waals surface area contributed by atoms with E-state index >= 15 is 0 Å². The Labute approximate surface area is 117 Å². The standard InChI is InChI=1S/C8H8F10O3S/c1-4(9,10)6(13,14)8(17,18)7(15,16)5(11,12)2-3-22(19,20)21/h2-3H2,1H3,(H,19,20,21)/p-1. The molecule has 134 valence electrons. The molecule has 0 heterocycles. The van der Waals surface area contributed by atoms with Gasteiger partial charge in [-0.1, -0.05) is 0 Å². The van der Waals surface area contributed by atoms with Gasteiger partial charge in [0.15, 0.2) is 0 Å². The topological polar surface area (TPSA) is 57.2 Å². The number of hydrogen-bond acceptors (Lipinski definition) is 3. The number of halogens is 10. The lowest BCUT2D eigenvalue weighted by Gasteiger charge is -2.38. The summed E-state index contributed by atoms with van der Waals surface area (Å²) in [6.07, 6.45) is -2.76.